The number of hydrogen-bond acceptors (Lipinski definition) is 6. The summed E-state index contributed by atoms with van der Waals surface area (Å²) < 4.78 is 10.7. The molecule has 3 rings (SSSR count). The zero-order chi connectivity index (χ0) is 21.3. The minimum atomic E-state index is 0.252. The summed E-state index contributed by atoms with van der Waals surface area (Å²) >= 11 is 0. The summed E-state index contributed by atoms with van der Waals surface area (Å²) in [6.07, 6.45) is 5.97. The smallest absolute Gasteiger partial charge is 0.224 e. The molecule has 0 bridgehead atoms. The highest BCUT2D eigenvalue weighted by Gasteiger charge is 2.26. The van der Waals surface area contributed by atoms with E-state index in [9.17, 15) is 4.79 Å². The van der Waals surface area contributed by atoms with Crippen molar-refractivity contribution in [2.45, 2.75) is 44.6 Å². The van der Waals surface area contributed by atoms with Crippen LogP contribution in [0.25, 0.3) is 0 Å². The number of nitrogens with zero attached hydrogens (tertiary/aromatic N) is 3. The monoisotopic (exact) mass is 419 g/mol. The molecule has 0 N–H and O–H groups in total. The maximum atomic E-state index is 12.7. The number of carbonyl (C=O) groups excluding carboxylic acids is 1. The lowest BCUT2D eigenvalue weighted by atomic mass is 10.0. The van der Waals surface area contributed by atoms with Crippen LogP contribution in [0.4, 0.5) is 0 Å². The first kappa shape index (κ1) is 22.8. The Morgan fingerprint density at radius 1 is 1.17 bits per heavy atom. The van der Waals surface area contributed by atoms with E-state index in [2.05, 4.69) is 18.0 Å². The third-order valence-electron chi connectivity index (χ3n) is 6.22. The van der Waals surface area contributed by atoms with Crippen LogP contribution < -0.4 is 9.47 Å². The number of amides is 1. The number of methoxy groups -OCH3 is 2. The minimum Gasteiger partial charge on any atom is -0.493 e. The van der Waals surface area contributed by atoms with Crippen LogP contribution in [-0.4, -0.2) is 87.4 Å². The number of benzene rings is 1. The van der Waals surface area contributed by atoms with E-state index in [-0.39, 0.29) is 5.91 Å². The zero-order valence-electron chi connectivity index (χ0n) is 18.8. The van der Waals surface area contributed by atoms with E-state index in [0.717, 1.165) is 76.4 Å². The van der Waals surface area contributed by atoms with Gasteiger partial charge in [0.15, 0.2) is 11.5 Å². The van der Waals surface area contributed by atoms with Gasteiger partial charge in [0.2, 0.25) is 5.91 Å². The fourth-order valence-corrected chi connectivity index (χ4v) is 4.27. The van der Waals surface area contributed by atoms with Crippen LogP contribution in [-0.2, 0) is 16.1 Å². The Hall–Kier alpha value is -1.83. The lowest BCUT2D eigenvalue weighted by Gasteiger charge is -2.38. The molecule has 2 aliphatic heterocycles. The standard InChI is InChI=1S/C23H37N3O4/c1-24(14-10-19-8-9-21(28-2)22(17-19)29-3)20-7-6-12-25(18-20)23(27)11-15-26-13-4-5-16-30-26/h8-9,17,20H,4-7,10-16,18H2,1-3H3/t20-/m1/s1. The average molecular weight is 420 g/mol. The van der Waals surface area contributed by atoms with Crippen LogP contribution in [0, 0.1) is 0 Å². The molecular weight excluding hydrogens is 382 g/mol. The number of likely N-dealkylation sites (tertiary alicyclic amines) is 1. The van der Waals surface area contributed by atoms with Crippen LogP contribution in [0.1, 0.15) is 37.7 Å². The quantitative estimate of drug-likeness (QED) is 0.613. The molecule has 0 unspecified atom stereocenters. The molecule has 2 fully saturated rings. The highest BCUT2D eigenvalue weighted by atomic mass is 16.7. The summed E-state index contributed by atoms with van der Waals surface area (Å²) in [7, 11) is 5.49. The number of ether oxygens (including phenoxy) is 2. The summed E-state index contributed by atoms with van der Waals surface area (Å²) in [6, 6.07) is 6.51. The van der Waals surface area contributed by atoms with Crippen molar-refractivity contribution in [1.29, 1.82) is 0 Å². The molecule has 0 radical (unpaired) electrons. The number of hydrogen-bond donors (Lipinski definition) is 0. The van der Waals surface area contributed by atoms with E-state index in [1.54, 1.807) is 14.2 Å². The van der Waals surface area contributed by atoms with E-state index < -0.39 is 0 Å². The predicted molar refractivity (Wildman–Crippen MR) is 117 cm³/mol. The summed E-state index contributed by atoms with van der Waals surface area (Å²) in [5.74, 6) is 1.78. The number of hydroxylamine groups is 2. The van der Waals surface area contributed by atoms with E-state index in [0.29, 0.717) is 19.0 Å². The van der Waals surface area contributed by atoms with E-state index >= 15 is 0 Å². The Balaban J connectivity index is 1.45. The van der Waals surface area contributed by atoms with Gasteiger partial charge in [-0.25, -0.2) is 0 Å². The Kier molecular flexibility index (Phi) is 8.78. The van der Waals surface area contributed by atoms with Crippen molar-refractivity contribution >= 4 is 5.91 Å². The van der Waals surface area contributed by atoms with Crippen molar-refractivity contribution in [2.75, 3.05) is 60.6 Å². The Morgan fingerprint density at radius 2 is 2.00 bits per heavy atom. The number of rotatable bonds is 9. The normalized spacial score (nSPS) is 20.4. The molecule has 7 heteroatoms. The number of piperidine rings is 1. The fraction of sp³-hybridized carbons (Fsp3) is 0.696. The maximum Gasteiger partial charge on any atom is 0.224 e. The van der Waals surface area contributed by atoms with Crippen LogP contribution >= 0.6 is 0 Å². The molecule has 1 aromatic carbocycles. The van der Waals surface area contributed by atoms with Gasteiger partial charge in [-0.3, -0.25) is 9.63 Å². The largest absolute Gasteiger partial charge is 0.493 e. The number of likely N-dealkylation sites (N-methyl/N-ethyl adjacent to an activating group) is 1. The van der Waals surface area contributed by atoms with E-state index in [1.807, 2.05) is 22.1 Å². The Morgan fingerprint density at radius 3 is 2.73 bits per heavy atom. The molecule has 7 nitrogen and oxygen atoms in total. The van der Waals surface area contributed by atoms with Gasteiger partial charge in [0.25, 0.3) is 0 Å². The highest BCUT2D eigenvalue weighted by Crippen LogP contribution is 2.28. The molecule has 2 heterocycles. The second-order valence-electron chi connectivity index (χ2n) is 8.28. The van der Waals surface area contributed by atoms with Gasteiger partial charge in [0.05, 0.1) is 20.8 Å². The van der Waals surface area contributed by atoms with Crippen molar-refractivity contribution in [3.8, 4) is 11.5 Å². The lowest BCUT2D eigenvalue weighted by Crippen LogP contribution is -2.49. The summed E-state index contributed by atoms with van der Waals surface area (Å²) in [4.78, 5) is 22.8. The average Bonchev–Trinajstić information content (AvgIpc) is 2.81. The first-order valence-electron chi connectivity index (χ1n) is 11.2. The zero-order valence-corrected chi connectivity index (χ0v) is 18.8. The summed E-state index contributed by atoms with van der Waals surface area (Å²) in [5, 5.41) is 1.96. The van der Waals surface area contributed by atoms with Crippen molar-refractivity contribution in [1.82, 2.24) is 14.9 Å². The Bertz CT molecular complexity index is 678. The molecule has 0 aromatic heterocycles. The second-order valence-corrected chi connectivity index (χ2v) is 8.28. The number of carbonyl (C=O) groups is 1. The van der Waals surface area contributed by atoms with Crippen LogP contribution in [0.2, 0.25) is 0 Å². The Labute approximate surface area is 180 Å². The fourth-order valence-electron chi connectivity index (χ4n) is 4.27. The van der Waals surface area contributed by atoms with Crippen LogP contribution in [0.3, 0.4) is 0 Å². The molecule has 0 saturated carbocycles. The van der Waals surface area contributed by atoms with Gasteiger partial charge in [-0.2, -0.15) is 5.06 Å². The molecule has 1 aromatic rings. The maximum absolute atomic E-state index is 12.7. The topological polar surface area (TPSA) is 54.5 Å². The van der Waals surface area contributed by atoms with Crippen molar-refractivity contribution in [3.63, 3.8) is 0 Å². The van der Waals surface area contributed by atoms with Gasteiger partial charge < -0.3 is 19.3 Å². The molecular formula is C23H37N3O4. The van der Waals surface area contributed by atoms with E-state index in [4.69, 9.17) is 14.3 Å². The third-order valence-corrected chi connectivity index (χ3v) is 6.22. The minimum absolute atomic E-state index is 0.252. The van der Waals surface area contributed by atoms with Gasteiger partial charge in [-0.15, -0.1) is 0 Å². The first-order chi connectivity index (χ1) is 14.6. The molecule has 0 spiro atoms. The van der Waals surface area contributed by atoms with Gasteiger partial charge >= 0.3 is 0 Å². The van der Waals surface area contributed by atoms with Crippen molar-refractivity contribution < 1.29 is 19.1 Å². The summed E-state index contributed by atoms with van der Waals surface area (Å²) in [5.41, 5.74) is 1.23. The lowest BCUT2D eigenvalue weighted by molar-refractivity contribution is -0.182. The highest BCUT2D eigenvalue weighted by molar-refractivity contribution is 5.76. The summed E-state index contributed by atoms with van der Waals surface area (Å²) in [6.45, 7) is 5.07. The van der Waals surface area contributed by atoms with Gasteiger partial charge in [-0.05, 0) is 56.8 Å². The molecule has 168 valence electrons. The van der Waals surface area contributed by atoms with Crippen molar-refractivity contribution in [3.05, 3.63) is 23.8 Å². The molecule has 2 aliphatic rings. The van der Waals surface area contributed by atoms with E-state index in [1.165, 1.54) is 5.56 Å². The molecule has 1 atom stereocenters. The van der Waals surface area contributed by atoms with Crippen LogP contribution in [0.15, 0.2) is 18.2 Å². The van der Waals surface area contributed by atoms with Gasteiger partial charge in [-0.1, -0.05) is 6.07 Å². The molecule has 0 aliphatic carbocycles. The first-order valence-corrected chi connectivity index (χ1v) is 11.2. The molecule has 30 heavy (non-hydrogen) atoms. The van der Waals surface area contributed by atoms with Gasteiger partial charge in [0.1, 0.15) is 0 Å². The third kappa shape index (κ3) is 6.33. The van der Waals surface area contributed by atoms with Crippen LogP contribution in [0.5, 0.6) is 11.5 Å². The van der Waals surface area contributed by atoms with Crippen molar-refractivity contribution in [2.24, 2.45) is 0 Å². The molecule has 2 saturated heterocycles. The second kappa shape index (κ2) is 11.5. The SMILES string of the molecule is COc1ccc(CCN(C)[C@@H]2CCCN(C(=O)CCN3CCCCO3)C2)cc1OC. The molecule has 1 amide bonds. The predicted octanol–water partition coefficient (Wildman–Crippen LogP) is 2.59. The van der Waals surface area contributed by atoms with Gasteiger partial charge in [0, 0.05) is 45.2 Å².